The first-order valence-corrected chi connectivity index (χ1v) is 6.61. The Bertz CT molecular complexity index is 725. The van der Waals surface area contributed by atoms with Crippen LogP contribution in [0.25, 0.3) is 11.1 Å². The number of furan rings is 1. The maximum atomic E-state index is 12.1. The summed E-state index contributed by atoms with van der Waals surface area (Å²) in [6.45, 7) is 0.620. The average Bonchev–Trinajstić information content (AvgIpc) is 3.03. The van der Waals surface area contributed by atoms with E-state index in [-0.39, 0.29) is 5.91 Å². The summed E-state index contributed by atoms with van der Waals surface area (Å²) in [5, 5.41) is 2.94. The van der Waals surface area contributed by atoms with Crippen molar-refractivity contribution in [2.75, 3.05) is 6.54 Å². The molecule has 4 heteroatoms. The van der Waals surface area contributed by atoms with Crippen LogP contribution in [0.5, 0.6) is 0 Å². The number of carbonyl (C=O) groups excluding carboxylic acids is 1. The van der Waals surface area contributed by atoms with E-state index in [9.17, 15) is 4.79 Å². The highest BCUT2D eigenvalue weighted by Crippen LogP contribution is 2.19. The van der Waals surface area contributed by atoms with Gasteiger partial charge >= 0.3 is 0 Å². The lowest BCUT2D eigenvalue weighted by atomic mass is 10.1. The molecule has 1 aromatic carbocycles. The van der Waals surface area contributed by atoms with Crippen molar-refractivity contribution in [2.24, 2.45) is 7.05 Å². The molecule has 0 unspecified atom stereocenters. The van der Waals surface area contributed by atoms with Gasteiger partial charge in [-0.2, -0.15) is 0 Å². The van der Waals surface area contributed by atoms with Gasteiger partial charge in [0.25, 0.3) is 5.91 Å². The molecule has 0 aliphatic carbocycles. The zero-order valence-electron chi connectivity index (χ0n) is 11.3. The number of nitrogens with one attached hydrogen (secondary N) is 1. The van der Waals surface area contributed by atoms with Crippen molar-refractivity contribution in [2.45, 2.75) is 6.42 Å². The van der Waals surface area contributed by atoms with Crippen molar-refractivity contribution in [1.29, 1.82) is 0 Å². The van der Waals surface area contributed by atoms with Gasteiger partial charge in [-0.1, -0.05) is 30.3 Å². The van der Waals surface area contributed by atoms with E-state index in [0.717, 1.165) is 17.5 Å². The van der Waals surface area contributed by atoms with Crippen molar-refractivity contribution in [3.63, 3.8) is 0 Å². The fourth-order valence-electron chi connectivity index (χ4n) is 2.32. The Morgan fingerprint density at radius 2 is 2.05 bits per heavy atom. The maximum Gasteiger partial charge on any atom is 0.268 e. The molecule has 0 aliphatic heterocycles. The van der Waals surface area contributed by atoms with Gasteiger partial charge in [0.05, 0.1) is 11.8 Å². The normalized spacial score (nSPS) is 10.8. The number of aryl methyl sites for hydroxylation is 1. The molecule has 0 radical (unpaired) electrons. The van der Waals surface area contributed by atoms with Crippen LogP contribution in [0.4, 0.5) is 0 Å². The smallest absolute Gasteiger partial charge is 0.268 e. The SMILES string of the molecule is Cn1c(C(=O)NCCc2ccccc2)cc2occc21. The molecule has 102 valence electrons. The molecule has 0 saturated heterocycles. The third-order valence-electron chi connectivity index (χ3n) is 3.44. The Balaban J connectivity index is 1.64. The van der Waals surface area contributed by atoms with Crippen LogP contribution in [0.1, 0.15) is 16.1 Å². The largest absolute Gasteiger partial charge is 0.463 e. The van der Waals surface area contributed by atoms with Crippen LogP contribution in [-0.4, -0.2) is 17.0 Å². The molecule has 3 rings (SSSR count). The monoisotopic (exact) mass is 268 g/mol. The number of nitrogens with zero attached hydrogens (tertiary/aromatic N) is 1. The first kappa shape index (κ1) is 12.5. The van der Waals surface area contributed by atoms with Crippen LogP contribution >= 0.6 is 0 Å². The fraction of sp³-hybridized carbons (Fsp3) is 0.188. The third kappa shape index (κ3) is 2.32. The van der Waals surface area contributed by atoms with Crippen molar-refractivity contribution < 1.29 is 9.21 Å². The van der Waals surface area contributed by atoms with E-state index in [2.05, 4.69) is 17.4 Å². The second kappa shape index (κ2) is 5.25. The number of carbonyl (C=O) groups is 1. The Morgan fingerprint density at radius 1 is 1.25 bits per heavy atom. The van der Waals surface area contributed by atoms with E-state index in [1.54, 1.807) is 12.3 Å². The van der Waals surface area contributed by atoms with Crippen molar-refractivity contribution in [3.8, 4) is 0 Å². The number of benzene rings is 1. The minimum atomic E-state index is -0.0742. The van der Waals surface area contributed by atoms with Gasteiger partial charge in [0.15, 0.2) is 5.58 Å². The summed E-state index contributed by atoms with van der Waals surface area (Å²) < 4.78 is 7.15. The quantitative estimate of drug-likeness (QED) is 0.791. The molecule has 0 atom stereocenters. The first-order valence-electron chi connectivity index (χ1n) is 6.61. The highest BCUT2D eigenvalue weighted by Gasteiger charge is 2.14. The van der Waals surface area contributed by atoms with E-state index in [1.807, 2.05) is 35.9 Å². The summed E-state index contributed by atoms with van der Waals surface area (Å²) >= 11 is 0. The third-order valence-corrected chi connectivity index (χ3v) is 3.44. The van der Waals surface area contributed by atoms with E-state index >= 15 is 0 Å². The highest BCUT2D eigenvalue weighted by molar-refractivity contribution is 5.97. The Hall–Kier alpha value is -2.49. The molecule has 2 aromatic heterocycles. The number of amides is 1. The zero-order valence-corrected chi connectivity index (χ0v) is 11.3. The Morgan fingerprint density at radius 3 is 2.80 bits per heavy atom. The van der Waals surface area contributed by atoms with Crippen LogP contribution in [0.2, 0.25) is 0 Å². The lowest BCUT2D eigenvalue weighted by molar-refractivity contribution is 0.0946. The van der Waals surface area contributed by atoms with Gasteiger partial charge in [-0.3, -0.25) is 4.79 Å². The number of rotatable bonds is 4. The van der Waals surface area contributed by atoms with Gasteiger partial charge in [-0.05, 0) is 12.0 Å². The summed E-state index contributed by atoms with van der Waals surface area (Å²) in [6, 6.07) is 13.7. The fourth-order valence-corrected chi connectivity index (χ4v) is 2.32. The van der Waals surface area contributed by atoms with Gasteiger partial charge < -0.3 is 14.3 Å². The van der Waals surface area contributed by atoms with Crippen LogP contribution < -0.4 is 5.32 Å². The summed E-state index contributed by atoms with van der Waals surface area (Å²) in [6.07, 6.45) is 2.45. The topological polar surface area (TPSA) is 47.2 Å². The Kier molecular flexibility index (Phi) is 3.29. The van der Waals surface area contributed by atoms with E-state index in [1.165, 1.54) is 5.56 Å². The molecule has 3 aromatic rings. The Labute approximate surface area is 117 Å². The molecule has 20 heavy (non-hydrogen) atoms. The standard InChI is InChI=1S/C16H16N2O2/c1-18-13-8-10-20-15(13)11-14(18)16(19)17-9-7-12-5-3-2-4-6-12/h2-6,8,10-11H,7,9H2,1H3,(H,17,19). The maximum absolute atomic E-state index is 12.1. The van der Waals surface area contributed by atoms with Crippen molar-refractivity contribution in [1.82, 2.24) is 9.88 Å². The second-order valence-corrected chi connectivity index (χ2v) is 4.75. The average molecular weight is 268 g/mol. The second-order valence-electron chi connectivity index (χ2n) is 4.75. The highest BCUT2D eigenvalue weighted by atomic mass is 16.3. The van der Waals surface area contributed by atoms with Gasteiger partial charge in [-0.25, -0.2) is 0 Å². The first-order chi connectivity index (χ1) is 9.75. The van der Waals surface area contributed by atoms with Gasteiger partial charge in [-0.15, -0.1) is 0 Å². The number of hydrogen-bond donors (Lipinski definition) is 1. The number of aromatic nitrogens is 1. The van der Waals surface area contributed by atoms with Crippen LogP contribution in [0, 0.1) is 0 Å². The summed E-state index contributed by atoms with van der Waals surface area (Å²) in [5.41, 5.74) is 3.50. The predicted molar refractivity (Wildman–Crippen MR) is 77.7 cm³/mol. The number of fused-ring (bicyclic) bond motifs is 1. The molecule has 0 spiro atoms. The summed E-state index contributed by atoms with van der Waals surface area (Å²) in [7, 11) is 1.87. The van der Waals surface area contributed by atoms with Crippen LogP contribution in [0.3, 0.4) is 0 Å². The van der Waals surface area contributed by atoms with Gasteiger partial charge in [0.2, 0.25) is 0 Å². The van der Waals surface area contributed by atoms with Gasteiger partial charge in [0, 0.05) is 25.7 Å². The predicted octanol–water partition coefficient (Wildman–Crippen LogP) is 2.74. The minimum Gasteiger partial charge on any atom is -0.463 e. The molecular weight excluding hydrogens is 252 g/mol. The minimum absolute atomic E-state index is 0.0742. The molecule has 1 N–H and O–H groups in total. The van der Waals surface area contributed by atoms with E-state index in [0.29, 0.717) is 12.2 Å². The van der Waals surface area contributed by atoms with Crippen molar-refractivity contribution in [3.05, 3.63) is 60.0 Å². The number of hydrogen-bond acceptors (Lipinski definition) is 2. The lowest BCUT2D eigenvalue weighted by Gasteiger charge is -2.06. The summed E-state index contributed by atoms with van der Waals surface area (Å²) in [4.78, 5) is 12.1. The van der Waals surface area contributed by atoms with Crippen LogP contribution in [0.15, 0.2) is 53.1 Å². The molecular formula is C16H16N2O2. The summed E-state index contributed by atoms with van der Waals surface area (Å²) in [5.74, 6) is -0.0742. The molecule has 0 fully saturated rings. The van der Waals surface area contributed by atoms with Crippen molar-refractivity contribution >= 4 is 17.0 Å². The molecule has 2 heterocycles. The van der Waals surface area contributed by atoms with E-state index in [4.69, 9.17) is 4.42 Å². The lowest BCUT2D eigenvalue weighted by Crippen LogP contribution is -2.27. The molecule has 0 saturated carbocycles. The zero-order chi connectivity index (χ0) is 13.9. The van der Waals surface area contributed by atoms with E-state index < -0.39 is 0 Å². The van der Waals surface area contributed by atoms with Crippen LogP contribution in [-0.2, 0) is 13.5 Å². The molecule has 1 amide bonds. The molecule has 0 aliphatic rings. The molecule has 4 nitrogen and oxygen atoms in total. The molecule has 0 bridgehead atoms. The van der Waals surface area contributed by atoms with Gasteiger partial charge in [0.1, 0.15) is 5.69 Å².